The fourth-order valence-electron chi connectivity index (χ4n) is 5.42. The number of hydrogen-bond acceptors (Lipinski definition) is 5. The lowest BCUT2D eigenvalue weighted by molar-refractivity contribution is -0.908. The lowest BCUT2D eigenvalue weighted by atomic mass is 9.82. The van der Waals surface area contributed by atoms with Gasteiger partial charge in [0.25, 0.3) is 17.6 Å². The summed E-state index contributed by atoms with van der Waals surface area (Å²) in [7, 11) is 1.59. The number of ether oxygens (including phenoxy) is 1. The van der Waals surface area contributed by atoms with Crippen LogP contribution in [-0.4, -0.2) is 74.0 Å². The number of anilines is 1. The summed E-state index contributed by atoms with van der Waals surface area (Å²) in [5.41, 5.74) is -0.878. The van der Waals surface area contributed by atoms with Gasteiger partial charge in [0.15, 0.2) is 5.54 Å². The maximum Gasteiger partial charge on any atom is 0.296 e. The van der Waals surface area contributed by atoms with Crippen LogP contribution < -0.4 is 9.80 Å². The number of aliphatic hydroxyl groups is 1. The standard InChI is InChI=1S/C26H26FN3O5/c1-28-20-6-3-2-5-19(20)26(25(28)34)21(22(31)17-7-9-18(27)10-8-17)23(32)24(33)30(26)12-4-11-29-13-15-35-16-14-29/h2-3,5-10,31H,4,11-16H2,1H3/p+1/t26-/m1/s1. The molecule has 3 aliphatic heterocycles. The predicted octanol–water partition coefficient (Wildman–Crippen LogP) is 0.683. The van der Waals surface area contributed by atoms with Crippen LogP contribution >= 0.6 is 0 Å². The van der Waals surface area contributed by atoms with Gasteiger partial charge >= 0.3 is 0 Å². The first-order valence-corrected chi connectivity index (χ1v) is 11.7. The first-order valence-electron chi connectivity index (χ1n) is 11.7. The van der Waals surface area contributed by atoms with Gasteiger partial charge < -0.3 is 24.5 Å². The molecule has 5 rings (SSSR count). The maximum absolute atomic E-state index is 13.9. The Bertz CT molecular complexity index is 1220. The summed E-state index contributed by atoms with van der Waals surface area (Å²) in [5, 5.41) is 11.3. The average Bonchev–Trinajstić information content (AvgIpc) is 3.23. The zero-order valence-corrected chi connectivity index (χ0v) is 19.4. The number of likely N-dealkylation sites (tertiary alicyclic amines) is 1. The Kier molecular flexibility index (Phi) is 5.90. The molecule has 0 bridgehead atoms. The molecule has 2 saturated heterocycles. The number of nitrogens with zero attached hydrogens (tertiary/aromatic N) is 2. The second kappa shape index (κ2) is 8.90. The van der Waals surface area contributed by atoms with Gasteiger partial charge in [-0.2, -0.15) is 0 Å². The summed E-state index contributed by atoms with van der Waals surface area (Å²) in [4.78, 5) is 44.8. The number of amides is 2. The number of carbonyl (C=O) groups is 3. The van der Waals surface area contributed by atoms with Crippen molar-refractivity contribution >= 4 is 29.0 Å². The quantitative estimate of drug-likeness (QED) is 0.373. The first-order chi connectivity index (χ1) is 16.9. The van der Waals surface area contributed by atoms with E-state index in [1.807, 2.05) is 0 Å². The van der Waals surface area contributed by atoms with Crippen LogP contribution in [0.3, 0.4) is 0 Å². The summed E-state index contributed by atoms with van der Waals surface area (Å²) >= 11 is 0. The number of nitrogens with one attached hydrogen (secondary N) is 1. The number of Topliss-reactive ketones (excluding diaryl/α,β-unsaturated/α-hetero) is 1. The van der Waals surface area contributed by atoms with Crippen LogP contribution in [0.4, 0.5) is 10.1 Å². The second-order valence-corrected chi connectivity index (χ2v) is 9.07. The molecular weight excluding hydrogens is 453 g/mol. The molecule has 2 aromatic carbocycles. The van der Waals surface area contributed by atoms with E-state index in [1.165, 1.54) is 26.8 Å². The number of morpholine rings is 1. The summed E-state index contributed by atoms with van der Waals surface area (Å²) in [6.07, 6.45) is 0.569. The van der Waals surface area contributed by atoms with Crippen LogP contribution in [0.5, 0.6) is 0 Å². The average molecular weight is 481 g/mol. The van der Waals surface area contributed by atoms with Crippen molar-refractivity contribution in [1.82, 2.24) is 4.90 Å². The summed E-state index contributed by atoms with van der Waals surface area (Å²) < 4.78 is 18.9. The number of ketones is 1. The number of benzene rings is 2. The van der Waals surface area contributed by atoms with Crippen molar-refractivity contribution in [2.24, 2.45) is 0 Å². The van der Waals surface area contributed by atoms with Gasteiger partial charge in [0.05, 0.1) is 25.3 Å². The third-order valence-corrected chi connectivity index (χ3v) is 7.17. The van der Waals surface area contributed by atoms with Gasteiger partial charge in [-0.25, -0.2) is 4.39 Å². The molecule has 0 aromatic heterocycles. The van der Waals surface area contributed by atoms with Crippen LogP contribution in [0, 0.1) is 5.82 Å². The van der Waals surface area contributed by atoms with Gasteiger partial charge in [-0.15, -0.1) is 0 Å². The molecule has 2 amide bonds. The number of para-hydroxylation sites is 1. The number of aliphatic hydroxyl groups excluding tert-OH is 1. The molecule has 182 valence electrons. The molecule has 1 spiro atoms. The zero-order valence-electron chi connectivity index (χ0n) is 19.4. The third kappa shape index (κ3) is 3.54. The fraction of sp³-hybridized carbons (Fsp3) is 0.346. The lowest BCUT2D eigenvalue weighted by Gasteiger charge is -2.34. The Morgan fingerprint density at radius 2 is 1.77 bits per heavy atom. The van der Waals surface area contributed by atoms with Gasteiger partial charge in [-0.05, 0) is 30.3 Å². The highest BCUT2D eigenvalue weighted by atomic mass is 19.1. The molecule has 3 aliphatic rings. The molecule has 2 N–H and O–H groups in total. The molecule has 0 aliphatic carbocycles. The molecule has 1 atom stereocenters. The minimum Gasteiger partial charge on any atom is -0.507 e. The van der Waals surface area contributed by atoms with E-state index in [0.717, 1.165) is 31.8 Å². The van der Waals surface area contributed by atoms with E-state index >= 15 is 0 Å². The van der Waals surface area contributed by atoms with Crippen molar-refractivity contribution in [2.45, 2.75) is 12.0 Å². The zero-order chi connectivity index (χ0) is 24.7. The van der Waals surface area contributed by atoms with E-state index in [1.54, 1.807) is 31.3 Å². The SMILES string of the molecule is CN1C(=O)[C@]2(C(=C(O)c3ccc(F)cc3)C(=O)C(=O)N2CCC[NH+]2CCOCC2)c2ccccc21. The molecule has 9 heteroatoms. The number of hydrogen-bond donors (Lipinski definition) is 2. The molecule has 2 aromatic rings. The van der Waals surface area contributed by atoms with Crippen LogP contribution in [0.15, 0.2) is 54.1 Å². The minimum atomic E-state index is -1.78. The molecule has 3 heterocycles. The highest BCUT2D eigenvalue weighted by Gasteiger charge is 2.66. The number of likely N-dealkylation sites (N-methyl/N-ethyl adjacent to an activating group) is 1. The molecule has 0 saturated carbocycles. The Balaban J connectivity index is 1.63. The summed E-state index contributed by atoms with van der Waals surface area (Å²) in [6.45, 7) is 4.00. The number of quaternary nitrogens is 1. The normalized spacial score (nSPS) is 24.0. The molecule has 35 heavy (non-hydrogen) atoms. The van der Waals surface area contributed by atoms with Gasteiger partial charge in [0, 0.05) is 36.8 Å². The molecule has 0 radical (unpaired) electrons. The summed E-state index contributed by atoms with van der Waals surface area (Å²) in [6, 6.07) is 11.9. The molecule has 8 nitrogen and oxygen atoms in total. The lowest BCUT2D eigenvalue weighted by Crippen LogP contribution is -3.14. The van der Waals surface area contributed by atoms with Crippen LogP contribution in [-0.2, 0) is 24.7 Å². The van der Waals surface area contributed by atoms with Crippen molar-refractivity contribution in [3.05, 3.63) is 71.0 Å². The fourth-order valence-corrected chi connectivity index (χ4v) is 5.42. The Morgan fingerprint density at radius 1 is 1.09 bits per heavy atom. The maximum atomic E-state index is 13.9. The van der Waals surface area contributed by atoms with Gasteiger partial charge in [-0.1, -0.05) is 18.2 Å². The molecule has 0 unspecified atom stereocenters. The smallest absolute Gasteiger partial charge is 0.296 e. The van der Waals surface area contributed by atoms with Crippen LogP contribution in [0.1, 0.15) is 17.5 Å². The Hall–Kier alpha value is -3.56. The van der Waals surface area contributed by atoms with Crippen LogP contribution in [0.2, 0.25) is 0 Å². The van der Waals surface area contributed by atoms with Gasteiger partial charge in [-0.3, -0.25) is 14.4 Å². The van der Waals surface area contributed by atoms with Crippen molar-refractivity contribution in [1.29, 1.82) is 0 Å². The topological polar surface area (TPSA) is 91.6 Å². The minimum absolute atomic E-state index is 0.154. The number of halogens is 1. The monoisotopic (exact) mass is 480 g/mol. The van der Waals surface area contributed by atoms with Gasteiger partial charge in [0.2, 0.25) is 0 Å². The van der Waals surface area contributed by atoms with E-state index in [9.17, 15) is 23.9 Å². The van der Waals surface area contributed by atoms with E-state index in [2.05, 4.69) is 0 Å². The third-order valence-electron chi connectivity index (χ3n) is 7.17. The summed E-state index contributed by atoms with van der Waals surface area (Å²) in [5.74, 6) is -3.25. The second-order valence-electron chi connectivity index (χ2n) is 9.07. The van der Waals surface area contributed by atoms with Crippen molar-refractivity contribution in [3.8, 4) is 0 Å². The number of fused-ring (bicyclic) bond motifs is 2. The number of carbonyl (C=O) groups excluding carboxylic acids is 3. The highest BCUT2D eigenvalue weighted by Crippen LogP contribution is 2.53. The molecular formula is C26H27FN3O5+. The van der Waals surface area contributed by atoms with Crippen molar-refractivity contribution in [2.75, 3.05) is 51.3 Å². The molecule has 2 fully saturated rings. The Morgan fingerprint density at radius 3 is 2.49 bits per heavy atom. The van der Waals surface area contributed by atoms with Gasteiger partial charge in [0.1, 0.15) is 24.7 Å². The van der Waals surface area contributed by atoms with E-state index in [0.29, 0.717) is 30.9 Å². The van der Waals surface area contributed by atoms with Crippen molar-refractivity contribution < 1.29 is 33.5 Å². The van der Waals surface area contributed by atoms with Crippen molar-refractivity contribution in [3.63, 3.8) is 0 Å². The van der Waals surface area contributed by atoms with Crippen LogP contribution in [0.25, 0.3) is 5.76 Å². The van der Waals surface area contributed by atoms with E-state index < -0.39 is 34.7 Å². The Labute approximate surface area is 202 Å². The largest absolute Gasteiger partial charge is 0.507 e. The van der Waals surface area contributed by atoms with E-state index in [-0.39, 0.29) is 17.7 Å². The predicted molar refractivity (Wildman–Crippen MR) is 125 cm³/mol. The van der Waals surface area contributed by atoms with E-state index in [4.69, 9.17) is 4.74 Å². The number of rotatable bonds is 5. The highest BCUT2D eigenvalue weighted by molar-refractivity contribution is 6.50. The first kappa shape index (κ1) is 23.2.